The van der Waals surface area contributed by atoms with Crippen LogP contribution in [0, 0.1) is 13.8 Å². The number of carbonyl (C=O) groups excluding carboxylic acids is 1. The number of rotatable bonds is 3. The fraction of sp³-hybridized carbons (Fsp3) is 0.273. The number of nitrogens with zero attached hydrogens (tertiary/aromatic N) is 2. The molecule has 0 bridgehead atoms. The average molecular weight is 361 g/mol. The summed E-state index contributed by atoms with van der Waals surface area (Å²) in [7, 11) is 0. The maximum absolute atomic E-state index is 13.3. The van der Waals surface area contributed by atoms with Crippen molar-refractivity contribution in [3.05, 3.63) is 65.0 Å². The van der Waals surface area contributed by atoms with Crippen LogP contribution in [0.1, 0.15) is 22.5 Å². The molecular weight excluding hydrogens is 338 g/mol. The lowest BCUT2D eigenvalue weighted by molar-refractivity contribution is -0.128. The Hall–Kier alpha value is -2.92. The Bertz CT molecular complexity index is 980. The molecule has 1 aliphatic rings. The first-order chi connectivity index (χ1) is 13.1. The van der Waals surface area contributed by atoms with E-state index in [1.807, 2.05) is 35.2 Å². The maximum Gasteiger partial charge on any atom is 0.257 e. The van der Waals surface area contributed by atoms with Gasteiger partial charge in [-0.3, -0.25) is 4.79 Å². The highest BCUT2D eigenvalue weighted by atomic mass is 16.5. The predicted molar refractivity (Wildman–Crippen MR) is 107 cm³/mol. The van der Waals surface area contributed by atoms with Gasteiger partial charge in [-0.1, -0.05) is 35.9 Å². The minimum absolute atomic E-state index is 0.0155. The van der Waals surface area contributed by atoms with Crippen molar-refractivity contribution in [3.63, 3.8) is 0 Å². The van der Waals surface area contributed by atoms with E-state index in [9.17, 15) is 4.79 Å². The summed E-state index contributed by atoms with van der Waals surface area (Å²) in [6.07, 6.45) is 1.96. The van der Waals surface area contributed by atoms with Crippen LogP contribution in [0.3, 0.4) is 0 Å². The van der Waals surface area contributed by atoms with E-state index in [1.54, 1.807) is 0 Å². The lowest BCUT2D eigenvalue weighted by Crippen LogP contribution is -2.41. The van der Waals surface area contributed by atoms with Crippen molar-refractivity contribution in [3.8, 4) is 0 Å². The molecule has 5 heteroatoms. The first-order valence-electron chi connectivity index (χ1n) is 9.23. The van der Waals surface area contributed by atoms with Crippen molar-refractivity contribution in [2.75, 3.05) is 26.3 Å². The zero-order valence-electron chi connectivity index (χ0n) is 15.7. The molecule has 0 spiro atoms. The molecule has 27 heavy (non-hydrogen) atoms. The van der Waals surface area contributed by atoms with E-state index in [-0.39, 0.29) is 5.91 Å². The van der Waals surface area contributed by atoms with Gasteiger partial charge in [-0.15, -0.1) is 0 Å². The van der Waals surface area contributed by atoms with E-state index < -0.39 is 0 Å². The standard InChI is InChI=1S/C22H23N3O2/c1-15-7-8-16(2)17(13-15)14-18(22(26)25-9-11-27-12-10-25)21-23-19-5-3-4-6-20(19)24-21/h3-8,13-14H,9-12H2,1-2H3,(H,23,24)/b18-14+. The number of nitrogens with one attached hydrogen (secondary N) is 1. The number of fused-ring (bicyclic) bond motifs is 1. The molecule has 4 rings (SSSR count). The molecule has 1 amide bonds. The van der Waals surface area contributed by atoms with Crippen LogP contribution in [0.2, 0.25) is 0 Å². The van der Waals surface area contributed by atoms with Crippen molar-refractivity contribution >= 4 is 28.6 Å². The van der Waals surface area contributed by atoms with Crippen LogP contribution in [0.5, 0.6) is 0 Å². The molecule has 1 saturated heterocycles. The largest absolute Gasteiger partial charge is 0.378 e. The van der Waals surface area contributed by atoms with E-state index in [0.717, 1.165) is 27.7 Å². The maximum atomic E-state index is 13.3. The van der Waals surface area contributed by atoms with Crippen LogP contribution in [-0.4, -0.2) is 47.1 Å². The Morgan fingerprint density at radius 2 is 1.93 bits per heavy atom. The first kappa shape index (κ1) is 17.5. The number of ether oxygens (including phenoxy) is 1. The van der Waals surface area contributed by atoms with Crippen LogP contribution < -0.4 is 0 Å². The lowest BCUT2D eigenvalue weighted by atomic mass is 10.0. The zero-order chi connectivity index (χ0) is 18.8. The van der Waals surface area contributed by atoms with E-state index >= 15 is 0 Å². The van der Waals surface area contributed by atoms with Crippen molar-refractivity contribution in [2.24, 2.45) is 0 Å². The van der Waals surface area contributed by atoms with Gasteiger partial charge in [-0.25, -0.2) is 4.98 Å². The van der Waals surface area contributed by atoms with Crippen LogP contribution in [0.25, 0.3) is 22.7 Å². The van der Waals surface area contributed by atoms with Crippen LogP contribution >= 0.6 is 0 Å². The molecule has 1 aliphatic heterocycles. The number of hydrogen-bond acceptors (Lipinski definition) is 3. The molecule has 0 unspecified atom stereocenters. The van der Waals surface area contributed by atoms with Crippen molar-refractivity contribution < 1.29 is 9.53 Å². The van der Waals surface area contributed by atoms with Gasteiger partial charge in [0.1, 0.15) is 5.82 Å². The highest BCUT2D eigenvalue weighted by molar-refractivity contribution is 6.23. The molecule has 5 nitrogen and oxygen atoms in total. The van der Waals surface area contributed by atoms with Crippen LogP contribution in [-0.2, 0) is 9.53 Å². The van der Waals surface area contributed by atoms with Crippen LogP contribution in [0.15, 0.2) is 42.5 Å². The number of aryl methyl sites for hydroxylation is 2. The van der Waals surface area contributed by atoms with E-state index in [2.05, 4.69) is 42.0 Å². The SMILES string of the molecule is Cc1ccc(C)c(/C=C(/C(=O)N2CCOCC2)c2nc3ccccc3[nH]2)c1. The number of amides is 1. The molecule has 138 valence electrons. The minimum atomic E-state index is -0.0155. The van der Waals surface area contributed by atoms with Gasteiger partial charge in [0.2, 0.25) is 0 Å². The molecule has 3 aromatic rings. The van der Waals surface area contributed by atoms with E-state index in [0.29, 0.717) is 37.7 Å². The molecule has 1 fully saturated rings. The molecule has 0 saturated carbocycles. The second-order valence-corrected chi connectivity index (χ2v) is 6.93. The molecule has 0 radical (unpaired) electrons. The number of carbonyl (C=O) groups is 1. The van der Waals surface area contributed by atoms with Gasteiger partial charge in [0.25, 0.3) is 5.91 Å². The third-order valence-electron chi connectivity index (χ3n) is 4.91. The van der Waals surface area contributed by atoms with Crippen molar-refractivity contribution in [1.29, 1.82) is 0 Å². The van der Waals surface area contributed by atoms with E-state index in [4.69, 9.17) is 4.74 Å². The fourth-order valence-corrected chi connectivity index (χ4v) is 3.32. The molecule has 1 aromatic heterocycles. The number of morpholine rings is 1. The third-order valence-corrected chi connectivity index (χ3v) is 4.91. The van der Waals surface area contributed by atoms with Gasteiger partial charge >= 0.3 is 0 Å². The summed E-state index contributed by atoms with van der Waals surface area (Å²) in [4.78, 5) is 23.1. The summed E-state index contributed by atoms with van der Waals surface area (Å²) in [5.74, 6) is 0.590. The smallest absolute Gasteiger partial charge is 0.257 e. The topological polar surface area (TPSA) is 58.2 Å². The molecule has 0 aliphatic carbocycles. The van der Waals surface area contributed by atoms with Gasteiger partial charge < -0.3 is 14.6 Å². The summed E-state index contributed by atoms with van der Waals surface area (Å²) in [5.41, 5.74) is 5.69. The summed E-state index contributed by atoms with van der Waals surface area (Å²) in [5, 5.41) is 0. The van der Waals surface area contributed by atoms with Gasteiger partial charge in [0.05, 0.1) is 29.8 Å². The fourth-order valence-electron chi connectivity index (χ4n) is 3.32. The summed E-state index contributed by atoms with van der Waals surface area (Å²) in [6, 6.07) is 14.1. The normalized spacial score (nSPS) is 15.3. The highest BCUT2D eigenvalue weighted by Crippen LogP contribution is 2.24. The summed E-state index contributed by atoms with van der Waals surface area (Å²) < 4.78 is 5.40. The lowest BCUT2D eigenvalue weighted by Gasteiger charge is -2.27. The molecule has 1 N–H and O–H groups in total. The number of para-hydroxylation sites is 2. The Morgan fingerprint density at radius 1 is 1.15 bits per heavy atom. The molecule has 2 heterocycles. The zero-order valence-corrected chi connectivity index (χ0v) is 15.7. The van der Waals surface area contributed by atoms with E-state index in [1.165, 1.54) is 0 Å². The Kier molecular flexibility index (Phi) is 4.77. The van der Waals surface area contributed by atoms with Gasteiger partial charge in [0.15, 0.2) is 0 Å². The van der Waals surface area contributed by atoms with Crippen molar-refractivity contribution in [1.82, 2.24) is 14.9 Å². The Morgan fingerprint density at radius 3 is 2.70 bits per heavy atom. The first-order valence-corrected chi connectivity index (χ1v) is 9.23. The number of imidazole rings is 1. The number of benzene rings is 2. The molecule has 2 aromatic carbocycles. The monoisotopic (exact) mass is 361 g/mol. The summed E-state index contributed by atoms with van der Waals surface area (Å²) in [6.45, 7) is 6.46. The predicted octanol–water partition coefficient (Wildman–Crippen LogP) is 3.58. The Balaban J connectivity index is 1.82. The van der Waals surface area contributed by atoms with Crippen molar-refractivity contribution in [2.45, 2.75) is 13.8 Å². The number of aromatic amines is 1. The van der Waals surface area contributed by atoms with Gasteiger partial charge in [-0.2, -0.15) is 0 Å². The quantitative estimate of drug-likeness (QED) is 0.726. The average Bonchev–Trinajstić information content (AvgIpc) is 3.12. The molecular formula is C22H23N3O2. The van der Waals surface area contributed by atoms with Gasteiger partial charge in [0, 0.05) is 13.1 Å². The second-order valence-electron chi connectivity index (χ2n) is 6.93. The number of hydrogen-bond donors (Lipinski definition) is 1. The highest BCUT2D eigenvalue weighted by Gasteiger charge is 2.24. The minimum Gasteiger partial charge on any atom is -0.378 e. The Labute approximate surface area is 158 Å². The third kappa shape index (κ3) is 3.64. The molecule has 0 atom stereocenters. The second kappa shape index (κ2) is 7.37. The summed E-state index contributed by atoms with van der Waals surface area (Å²) >= 11 is 0. The van der Waals surface area contributed by atoms with Gasteiger partial charge in [-0.05, 0) is 43.2 Å². The number of aromatic nitrogens is 2. The van der Waals surface area contributed by atoms with Crippen LogP contribution in [0.4, 0.5) is 0 Å². The number of H-pyrrole nitrogens is 1.